The summed E-state index contributed by atoms with van der Waals surface area (Å²) in [6.45, 7) is 3.77. The van der Waals surface area contributed by atoms with E-state index in [1.54, 1.807) is 0 Å². The quantitative estimate of drug-likeness (QED) is 0.807. The summed E-state index contributed by atoms with van der Waals surface area (Å²) in [7, 11) is 0. The van der Waals surface area contributed by atoms with Crippen molar-refractivity contribution in [3.8, 4) is 0 Å². The van der Waals surface area contributed by atoms with Gasteiger partial charge in [0.15, 0.2) is 0 Å². The van der Waals surface area contributed by atoms with Gasteiger partial charge in [0.25, 0.3) is 0 Å². The zero-order valence-corrected chi connectivity index (χ0v) is 12.1. The van der Waals surface area contributed by atoms with Crippen molar-refractivity contribution in [2.24, 2.45) is 11.8 Å². The Bertz CT molecular complexity index is 230. The third kappa shape index (κ3) is 2.60. The van der Waals surface area contributed by atoms with Crippen LogP contribution in [0.3, 0.4) is 0 Å². The molecular formula is C16H30O2. The maximum Gasteiger partial charge on any atom is 0.0933 e. The van der Waals surface area contributed by atoms with Gasteiger partial charge < -0.3 is 10.2 Å². The molecule has 2 rings (SSSR count). The first-order chi connectivity index (χ1) is 8.46. The molecule has 2 fully saturated rings. The van der Waals surface area contributed by atoms with Gasteiger partial charge in [-0.1, -0.05) is 38.5 Å². The molecule has 0 aromatic carbocycles. The van der Waals surface area contributed by atoms with Gasteiger partial charge in [-0.15, -0.1) is 0 Å². The van der Waals surface area contributed by atoms with Crippen molar-refractivity contribution >= 4 is 0 Å². The van der Waals surface area contributed by atoms with E-state index >= 15 is 0 Å². The number of rotatable bonds is 3. The normalized spacial score (nSPS) is 30.7. The van der Waals surface area contributed by atoms with Crippen LogP contribution in [0.2, 0.25) is 0 Å². The highest BCUT2D eigenvalue weighted by Crippen LogP contribution is 2.45. The summed E-state index contributed by atoms with van der Waals surface area (Å²) in [6, 6.07) is 0. The topological polar surface area (TPSA) is 40.5 Å². The molecular weight excluding hydrogens is 224 g/mol. The van der Waals surface area contributed by atoms with Gasteiger partial charge in [0.2, 0.25) is 0 Å². The van der Waals surface area contributed by atoms with Crippen LogP contribution in [0, 0.1) is 11.8 Å². The van der Waals surface area contributed by atoms with E-state index in [9.17, 15) is 10.2 Å². The van der Waals surface area contributed by atoms with Crippen molar-refractivity contribution in [2.45, 2.75) is 89.3 Å². The predicted octanol–water partition coefficient (Wildman–Crippen LogP) is 3.65. The number of hydrogen-bond acceptors (Lipinski definition) is 2. The minimum absolute atomic E-state index is 0.281. The molecule has 0 amide bonds. The van der Waals surface area contributed by atoms with Gasteiger partial charge in [0.05, 0.1) is 11.2 Å². The second-order valence-electron chi connectivity index (χ2n) is 6.96. The first-order valence-corrected chi connectivity index (χ1v) is 7.91. The number of hydrogen-bond donors (Lipinski definition) is 2. The van der Waals surface area contributed by atoms with E-state index in [0.29, 0.717) is 0 Å². The summed E-state index contributed by atoms with van der Waals surface area (Å²) in [6.07, 6.45) is 11.7. The molecule has 2 nitrogen and oxygen atoms in total. The largest absolute Gasteiger partial charge is 0.387 e. The molecule has 0 spiro atoms. The summed E-state index contributed by atoms with van der Waals surface area (Å²) in [5.41, 5.74) is -1.84. The van der Waals surface area contributed by atoms with Crippen molar-refractivity contribution in [1.29, 1.82) is 0 Å². The smallest absolute Gasteiger partial charge is 0.0933 e. The fraction of sp³-hybridized carbons (Fsp3) is 1.00. The zero-order chi connectivity index (χ0) is 13.2. The van der Waals surface area contributed by atoms with Crippen molar-refractivity contribution in [2.75, 3.05) is 0 Å². The molecule has 2 N–H and O–H groups in total. The fourth-order valence-corrected chi connectivity index (χ4v) is 4.16. The Balaban J connectivity index is 2.09. The molecule has 0 unspecified atom stereocenters. The van der Waals surface area contributed by atoms with Gasteiger partial charge in [-0.2, -0.15) is 0 Å². The predicted molar refractivity (Wildman–Crippen MR) is 74.4 cm³/mol. The van der Waals surface area contributed by atoms with Crippen LogP contribution in [0.25, 0.3) is 0 Å². The molecule has 0 saturated heterocycles. The summed E-state index contributed by atoms with van der Waals surface area (Å²) >= 11 is 0. The second kappa shape index (κ2) is 5.50. The van der Waals surface area contributed by atoms with Gasteiger partial charge in [-0.05, 0) is 51.4 Å². The van der Waals surface area contributed by atoms with Crippen molar-refractivity contribution < 1.29 is 10.2 Å². The van der Waals surface area contributed by atoms with Crippen molar-refractivity contribution in [3.05, 3.63) is 0 Å². The first kappa shape index (κ1) is 14.3. The Morgan fingerprint density at radius 3 is 1.17 bits per heavy atom. The Labute approximate surface area is 112 Å². The minimum Gasteiger partial charge on any atom is -0.387 e. The van der Waals surface area contributed by atoms with E-state index in [1.807, 2.05) is 13.8 Å². The molecule has 0 aromatic rings. The van der Waals surface area contributed by atoms with E-state index in [0.717, 1.165) is 25.7 Å². The van der Waals surface area contributed by atoms with E-state index in [-0.39, 0.29) is 11.8 Å². The molecule has 106 valence electrons. The fourth-order valence-electron chi connectivity index (χ4n) is 4.16. The third-order valence-electron chi connectivity index (χ3n) is 5.82. The van der Waals surface area contributed by atoms with Gasteiger partial charge in [0, 0.05) is 0 Å². The van der Waals surface area contributed by atoms with Crippen LogP contribution in [0.1, 0.15) is 78.1 Å². The summed E-state index contributed by atoms with van der Waals surface area (Å²) in [4.78, 5) is 0. The molecule has 0 aliphatic heterocycles. The third-order valence-corrected chi connectivity index (χ3v) is 5.82. The van der Waals surface area contributed by atoms with Gasteiger partial charge in [-0.3, -0.25) is 0 Å². The van der Waals surface area contributed by atoms with E-state index in [4.69, 9.17) is 0 Å². The maximum absolute atomic E-state index is 11.0. The monoisotopic (exact) mass is 254 g/mol. The van der Waals surface area contributed by atoms with Crippen LogP contribution in [0.15, 0.2) is 0 Å². The average molecular weight is 254 g/mol. The minimum atomic E-state index is -0.921. The molecule has 2 atom stereocenters. The molecule has 0 bridgehead atoms. The zero-order valence-electron chi connectivity index (χ0n) is 12.1. The Hall–Kier alpha value is -0.0800. The van der Waals surface area contributed by atoms with Gasteiger partial charge >= 0.3 is 0 Å². The van der Waals surface area contributed by atoms with Crippen LogP contribution < -0.4 is 0 Å². The SMILES string of the molecule is C[C@](O)(C1CCCCC1)[C@@](C)(O)C1CCCCC1. The first-order valence-electron chi connectivity index (χ1n) is 7.91. The molecule has 18 heavy (non-hydrogen) atoms. The van der Waals surface area contributed by atoms with E-state index in [1.165, 1.54) is 38.5 Å². The maximum atomic E-state index is 11.0. The molecule has 2 aliphatic rings. The highest BCUT2D eigenvalue weighted by molar-refractivity contribution is 5.02. The lowest BCUT2D eigenvalue weighted by molar-refractivity contribution is -0.198. The van der Waals surface area contributed by atoms with Crippen LogP contribution in [0.4, 0.5) is 0 Å². The van der Waals surface area contributed by atoms with Crippen LogP contribution >= 0.6 is 0 Å². The summed E-state index contributed by atoms with van der Waals surface area (Å²) in [5, 5.41) is 21.9. The highest BCUT2D eigenvalue weighted by Gasteiger charge is 2.51. The van der Waals surface area contributed by atoms with Crippen LogP contribution in [-0.4, -0.2) is 21.4 Å². The summed E-state index contributed by atoms with van der Waals surface area (Å²) < 4.78 is 0. The lowest BCUT2D eigenvalue weighted by atomic mass is 9.63. The molecule has 2 heteroatoms. The Kier molecular flexibility index (Phi) is 4.38. The molecule has 2 aliphatic carbocycles. The standard InChI is InChI=1S/C16H30O2/c1-15(17,13-9-5-3-6-10-13)16(2,18)14-11-7-4-8-12-14/h13-14,17-18H,3-12H2,1-2H3/t15-,16-/m0/s1. The lowest BCUT2D eigenvalue weighted by Crippen LogP contribution is -2.59. The van der Waals surface area contributed by atoms with Gasteiger partial charge in [-0.25, -0.2) is 0 Å². The Morgan fingerprint density at radius 1 is 0.611 bits per heavy atom. The highest BCUT2D eigenvalue weighted by atomic mass is 16.4. The van der Waals surface area contributed by atoms with Gasteiger partial charge in [0.1, 0.15) is 0 Å². The summed E-state index contributed by atoms with van der Waals surface area (Å²) in [5.74, 6) is 0.561. The molecule has 2 saturated carbocycles. The van der Waals surface area contributed by atoms with E-state index in [2.05, 4.69) is 0 Å². The van der Waals surface area contributed by atoms with E-state index < -0.39 is 11.2 Å². The molecule has 0 heterocycles. The molecule has 0 radical (unpaired) electrons. The number of aliphatic hydroxyl groups is 2. The van der Waals surface area contributed by atoms with Crippen LogP contribution in [0.5, 0.6) is 0 Å². The molecule has 0 aromatic heterocycles. The Morgan fingerprint density at radius 2 is 0.889 bits per heavy atom. The van der Waals surface area contributed by atoms with Crippen molar-refractivity contribution in [3.63, 3.8) is 0 Å². The average Bonchev–Trinajstić information content (AvgIpc) is 2.40. The lowest BCUT2D eigenvalue weighted by Gasteiger charge is -2.50. The van der Waals surface area contributed by atoms with Crippen molar-refractivity contribution in [1.82, 2.24) is 0 Å². The second-order valence-corrected chi connectivity index (χ2v) is 6.96. The van der Waals surface area contributed by atoms with Crippen LogP contribution in [-0.2, 0) is 0 Å².